The van der Waals surface area contributed by atoms with Gasteiger partial charge in [-0.05, 0) is 11.6 Å². The lowest BCUT2D eigenvalue weighted by Gasteiger charge is -2.26. The van der Waals surface area contributed by atoms with E-state index in [4.69, 9.17) is 10.2 Å². The summed E-state index contributed by atoms with van der Waals surface area (Å²) in [7, 11) is 0. The molecule has 2 N–H and O–H groups in total. The average Bonchev–Trinajstić information content (AvgIpc) is 2.19. The summed E-state index contributed by atoms with van der Waals surface area (Å²) in [5.41, 5.74) is -4.51. The van der Waals surface area contributed by atoms with Crippen LogP contribution in [0.1, 0.15) is 5.56 Å². The third-order valence-electron chi connectivity index (χ3n) is 2.23. The number of carboxylic acid groups (broad SMARTS) is 1. The quantitative estimate of drug-likeness (QED) is 0.806. The van der Waals surface area contributed by atoms with Crippen LogP contribution in [0.2, 0.25) is 0 Å². The van der Waals surface area contributed by atoms with E-state index in [1.165, 1.54) is 12.1 Å². The molecule has 0 spiro atoms. The van der Waals surface area contributed by atoms with Gasteiger partial charge in [0, 0.05) is 6.42 Å². The van der Waals surface area contributed by atoms with Gasteiger partial charge in [0.2, 0.25) is 0 Å². The van der Waals surface area contributed by atoms with Crippen molar-refractivity contribution >= 4 is 5.97 Å². The fourth-order valence-corrected chi connectivity index (χ4v) is 1.21. The minimum Gasteiger partial charge on any atom is -0.479 e. The summed E-state index contributed by atoms with van der Waals surface area (Å²) in [4.78, 5) is 10.5. The van der Waals surface area contributed by atoms with Crippen LogP contribution in [0, 0.1) is 5.82 Å². The van der Waals surface area contributed by atoms with E-state index in [-0.39, 0.29) is 0 Å². The monoisotopic (exact) mass is 252 g/mol. The highest BCUT2D eigenvalue weighted by atomic mass is 19.4. The van der Waals surface area contributed by atoms with Crippen molar-refractivity contribution in [1.82, 2.24) is 0 Å². The van der Waals surface area contributed by atoms with Crippen molar-refractivity contribution in [1.29, 1.82) is 0 Å². The zero-order valence-electron chi connectivity index (χ0n) is 8.33. The molecule has 1 atom stereocenters. The molecule has 0 aliphatic heterocycles. The maximum Gasteiger partial charge on any atom is 0.428 e. The van der Waals surface area contributed by atoms with E-state index in [1.807, 2.05) is 0 Å². The van der Waals surface area contributed by atoms with Crippen LogP contribution in [-0.4, -0.2) is 28.0 Å². The van der Waals surface area contributed by atoms with Crippen molar-refractivity contribution in [3.8, 4) is 0 Å². The Labute approximate surface area is 93.3 Å². The molecule has 0 fully saturated rings. The summed E-state index contributed by atoms with van der Waals surface area (Å²) in [6.45, 7) is 0. The Morgan fingerprint density at radius 2 is 1.76 bits per heavy atom. The molecule has 1 aromatic rings. The zero-order valence-corrected chi connectivity index (χ0v) is 8.33. The molecule has 0 heterocycles. The van der Waals surface area contributed by atoms with Gasteiger partial charge in [-0.3, -0.25) is 0 Å². The van der Waals surface area contributed by atoms with E-state index in [0.717, 1.165) is 12.1 Å². The Balaban J connectivity index is 3.13. The fraction of sp³-hybridized carbons (Fsp3) is 0.300. The van der Waals surface area contributed by atoms with E-state index in [9.17, 15) is 22.4 Å². The van der Waals surface area contributed by atoms with Crippen LogP contribution in [0.25, 0.3) is 0 Å². The maximum atomic E-state index is 13.1. The van der Waals surface area contributed by atoms with Gasteiger partial charge in [0.25, 0.3) is 5.60 Å². The number of hydrogen-bond acceptors (Lipinski definition) is 2. The molecule has 7 heteroatoms. The largest absolute Gasteiger partial charge is 0.479 e. The van der Waals surface area contributed by atoms with Crippen molar-refractivity contribution in [2.24, 2.45) is 0 Å². The van der Waals surface area contributed by atoms with Gasteiger partial charge >= 0.3 is 12.1 Å². The van der Waals surface area contributed by atoms with Crippen LogP contribution in [0.3, 0.4) is 0 Å². The number of benzene rings is 1. The standard InChI is InChI=1S/C10H8F4O3/c11-7-4-2-1-3-6(7)5-9(17,8(15)16)10(12,13)14/h1-4,17H,5H2,(H,15,16). The molecule has 17 heavy (non-hydrogen) atoms. The van der Waals surface area contributed by atoms with Gasteiger partial charge in [-0.15, -0.1) is 0 Å². The lowest BCUT2D eigenvalue weighted by molar-refractivity contribution is -0.259. The summed E-state index contributed by atoms with van der Waals surface area (Å²) in [6, 6.07) is 4.35. The van der Waals surface area contributed by atoms with E-state index >= 15 is 0 Å². The highest BCUT2D eigenvalue weighted by Gasteiger charge is 2.60. The van der Waals surface area contributed by atoms with Gasteiger partial charge in [0.15, 0.2) is 0 Å². The second-order valence-electron chi connectivity index (χ2n) is 3.43. The number of alkyl halides is 3. The van der Waals surface area contributed by atoms with E-state index in [2.05, 4.69) is 0 Å². The minimum absolute atomic E-state index is 0.519. The Bertz CT molecular complexity index is 430. The normalized spacial score (nSPS) is 15.4. The van der Waals surface area contributed by atoms with Crippen molar-refractivity contribution in [2.75, 3.05) is 0 Å². The molecule has 0 aliphatic carbocycles. The summed E-state index contributed by atoms with van der Waals surface area (Å²) in [5, 5.41) is 17.5. The predicted molar refractivity (Wildman–Crippen MR) is 48.7 cm³/mol. The number of carbonyl (C=O) groups is 1. The summed E-state index contributed by atoms with van der Waals surface area (Å²) < 4.78 is 50.4. The van der Waals surface area contributed by atoms with Gasteiger partial charge in [-0.2, -0.15) is 13.2 Å². The van der Waals surface area contributed by atoms with E-state index < -0.39 is 35.5 Å². The van der Waals surface area contributed by atoms with Crippen LogP contribution in [0.15, 0.2) is 24.3 Å². The first-order valence-corrected chi connectivity index (χ1v) is 4.44. The molecule has 0 aliphatic rings. The number of aliphatic carboxylic acids is 1. The zero-order chi connectivity index (χ0) is 13.3. The van der Waals surface area contributed by atoms with E-state index in [1.54, 1.807) is 0 Å². The first-order chi connectivity index (χ1) is 7.68. The minimum atomic E-state index is -5.39. The van der Waals surface area contributed by atoms with Crippen LogP contribution < -0.4 is 0 Å². The van der Waals surface area contributed by atoms with Crippen LogP contribution in [-0.2, 0) is 11.2 Å². The Kier molecular flexibility index (Phi) is 3.42. The van der Waals surface area contributed by atoms with Crippen molar-refractivity contribution in [3.63, 3.8) is 0 Å². The molecule has 3 nitrogen and oxygen atoms in total. The molecule has 0 bridgehead atoms. The van der Waals surface area contributed by atoms with Crippen LogP contribution in [0.5, 0.6) is 0 Å². The molecule has 0 amide bonds. The SMILES string of the molecule is O=C(O)C(O)(Cc1ccccc1F)C(F)(F)F. The third kappa shape index (κ3) is 2.55. The Hall–Kier alpha value is -1.63. The van der Waals surface area contributed by atoms with Gasteiger partial charge < -0.3 is 10.2 Å². The Morgan fingerprint density at radius 1 is 1.24 bits per heavy atom. The molecule has 0 aromatic heterocycles. The Morgan fingerprint density at radius 3 is 2.18 bits per heavy atom. The van der Waals surface area contributed by atoms with E-state index in [0.29, 0.717) is 0 Å². The molecule has 0 radical (unpaired) electrons. The summed E-state index contributed by atoms with van der Waals surface area (Å²) in [6.07, 6.45) is -6.76. The fourth-order valence-electron chi connectivity index (χ4n) is 1.21. The first kappa shape index (κ1) is 13.4. The number of halogens is 4. The van der Waals surface area contributed by atoms with Gasteiger partial charge in [0.05, 0.1) is 0 Å². The molecule has 94 valence electrons. The van der Waals surface area contributed by atoms with Gasteiger partial charge in [0.1, 0.15) is 5.82 Å². The third-order valence-corrected chi connectivity index (χ3v) is 2.23. The highest BCUT2D eigenvalue weighted by Crippen LogP contribution is 2.34. The molecular weight excluding hydrogens is 244 g/mol. The molecular formula is C10H8F4O3. The molecule has 1 rings (SSSR count). The molecule has 0 saturated carbocycles. The average molecular weight is 252 g/mol. The highest BCUT2D eigenvalue weighted by molar-refractivity contribution is 5.78. The van der Waals surface area contributed by atoms with Crippen LogP contribution >= 0.6 is 0 Å². The topological polar surface area (TPSA) is 57.5 Å². The molecule has 1 aromatic carbocycles. The number of aliphatic hydroxyl groups is 1. The van der Waals surface area contributed by atoms with Gasteiger partial charge in [-0.1, -0.05) is 18.2 Å². The van der Waals surface area contributed by atoms with Crippen molar-refractivity contribution in [3.05, 3.63) is 35.6 Å². The second kappa shape index (κ2) is 4.33. The molecule has 1 unspecified atom stereocenters. The smallest absolute Gasteiger partial charge is 0.428 e. The summed E-state index contributed by atoms with van der Waals surface area (Å²) >= 11 is 0. The van der Waals surface area contributed by atoms with Gasteiger partial charge in [-0.25, -0.2) is 9.18 Å². The number of hydrogen-bond donors (Lipinski definition) is 2. The lowest BCUT2D eigenvalue weighted by Crippen LogP contribution is -2.53. The van der Waals surface area contributed by atoms with Crippen molar-refractivity contribution in [2.45, 2.75) is 18.2 Å². The summed E-state index contributed by atoms with van der Waals surface area (Å²) in [5.74, 6) is -3.47. The van der Waals surface area contributed by atoms with Crippen LogP contribution in [0.4, 0.5) is 17.6 Å². The number of carboxylic acids is 1. The lowest BCUT2D eigenvalue weighted by atomic mass is 9.93. The molecule has 0 saturated heterocycles. The maximum absolute atomic E-state index is 13.1. The second-order valence-corrected chi connectivity index (χ2v) is 3.43. The predicted octanol–water partition coefficient (Wildman–Crippen LogP) is 1.75. The van der Waals surface area contributed by atoms with Crippen molar-refractivity contribution < 1.29 is 32.6 Å². The first-order valence-electron chi connectivity index (χ1n) is 4.44. The number of rotatable bonds is 3.